The van der Waals surface area contributed by atoms with Crippen LogP contribution < -0.4 is 4.74 Å². The second-order valence-corrected chi connectivity index (χ2v) is 4.54. The quantitative estimate of drug-likeness (QED) is 0.728. The van der Waals surface area contributed by atoms with E-state index in [1.165, 1.54) is 0 Å². The van der Waals surface area contributed by atoms with E-state index < -0.39 is 6.61 Å². The zero-order valence-corrected chi connectivity index (χ0v) is 8.89. The summed E-state index contributed by atoms with van der Waals surface area (Å²) in [4.78, 5) is 0. The zero-order valence-electron chi connectivity index (χ0n) is 8.89. The molecule has 82 valence electrons. The molecule has 0 aliphatic heterocycles. The molecule has 1 aromatic carbocycles. The van der Waals surface area contributed by atoms with Gasteiger partial charge in [-0.3, -0.25) is 0 Å². The molecule has 1 nitrogen and oxygen atoms in total. The first-order valence-electron chi connectivity index (χ1n) is 5.08. The lowest BCUT2D eigenvalue weighted by atomic mass is 9.87. The molecule has 15 heavy (non-hydrogen) atoms. The van der Waals surface area contributed by atoms with E-state index in [2.05, 4.69) is 18.6 Å². The maximum atomic E-state index is 12.2. The third-order valence-corrected chi connectivity index (χ3v) is 3.08. The molecule has 3 heteroatoms. The second-order valence-electron chi connectivity index (χ2n) is 4.54. The molecule has 2 rings (SSSR count). The van der Waals surface area contributed by atoms with Crippen LogP contribution in [0.2, 0.25) is 0 Å². The second kappa shape index (κ2) is 3.47. The summed E-state index contributed by atoms with van der Waals surface area (Å²) in [6.45, 7) is 1.52. The van der Waals surface area contributed by atoms with Crippen LogP contribution in [0.3, 0.4) is 0 Å². The van der Waals surface area contributed by atoms with Crippen LogP contribution in [0.4, 0.5) is 8.78 Å². The van der Waals surface area contributed by atoms with Crippen molar-refractivity contribution in [1.29, 1.82) is 0 Å². The van der Waals surface area contributed by atoms with Crippen LogP contribution in [-0.2, 0) is 11.8 Å². The Morgan fingerprint density at radius 3 is 2.73 bits per heavy atom. The van der Waals surface area contributed by atoms with Gasteiger partial charge in [0.15, 0.2) is 0 Å². The highest BCUT2D eigenvalue weighted by Gasteiger charge is 2.31. The van der Waals surface area contributed by atoms with E-state index in [-0.39, 0.29) is 5.41 Å². The third-order valence-electron chi connectivity index (χ3n) is 3.08. The van der Waals surface area contributed by atoms with Gasteiger partial charge in [-0.15, -0.1) is 0 Å². The largest absolute Gasteiger partial charge is 0.435 e. The van der Waals surface area contributed by atoms with Gasteiger partial charge < -0.3 is 4.74 Å². The number of benzene rings is 1. The molecule has 0 bridgehead atoms. The Morgan fingerprint density at radius 2 is 2.07 bits per heavy atom. The van der Waals surface area contributed by atoms with Crippen molar-refractivity contribution in [3.05, 3.63) is 29.3 Å². The minimum atomic E-state index is -2.74. The zero-order chi connectivity index (χ0) is 11.1. The molecule has 0 fully saturated rings. The fraction of sp³-hybridized carbons (Fsp3) is 0.500. The number of hydrogen-bond donors (Lipinski definition) is 0. The predicted octanol–water partition coefficient (Wildman–Crippen LogP) is 3.51. The van der Waals surface area contributed by atoms with Crippen LogP contribution in [0, 0.1) is 0 Å². The number of alkyl halides is 2. The molecule has 0 saturated heterocycles. The number of fused-ring (bicyclic) bond motifs is 1. The molecule has 0 spiro atoms. The van der Waals surface area contributed by atoms with Gasteiger partial charge in [-0.05, 0) is 35.4 Å². The fourth-order valence-corrected chi connectivity index (χ4v) is 2.24. The summed E-state index contributed by atoms with van der Waals surface area (Å²) in [5, 5.41) is 0. The standard InChI is InChI=1S/C12H14F2O/c1-12(2)7-6-8-9(12)4-3-5-10(8)15-11(13)14/h3-5,11H,6-7H2,1-2H3. The van der Waals surface area contributed by atoms with E-state index >= 15 is 0 Å². The summed E-state index contributed by atoms with van der Waals surface area (Å²) < 4.78 is 28.8. The van der Waals surface area contributed by atoms with Crippen molar-refractivity contribution >= 4 is 0 Å². The molecule has 0 saturated carbocycles. The lowest BCUT2D eigenvalue weighted by Crippen LogP contribution is -2.12. The topological polar surface area (TPSA) is 9.23 Å². The summed E-state index contributed by atoms with van der Waals surface area (Å²) >= 11 is 0. The fourth-order valence-electron chi connectivity index (χ4n) is 2.24. The van der Waals surface area contributed by atoms with E-state index in [9.17, 15) is 8.78 Å². The van der Waals surface area contributed by atoms with Crippen LogP contribution in [0.25, 0.3) is 0 Å². The third kappa shape index (κ3) is 1.83. The normalized spacial score (nSPS) is 17.9. The number of ether oxygens (including phenoxy) is 1. The Labute approximate surface area is 88.1 Å². The van der Waals surface area contributed by atoms with Gasteiger partial charge in [-0.1, -0.05) is 26.0 Å². The maximum absolute atomic E-state index is 12.2. The van der Waals surface area contributed by atoms with Crippen molar-refractivity contribution in [3.8, 4) is 5.75 Å². The molecule has 0 atom stereocenters. The van der Waals surface area contributed by atoms with Gasteiger partial charge in [0, 0.05) is 0 Å². The predicted molar refractivity (Wildman–Crippen MR) is 54.4 cm³/mol. The highest BCUT2D eigenvalue weighted by atomic mass is 19.3. The van der Waals surface area contributed by atoms with Crippen LogP contribution in [0.15, 0.2) is 18.2 Å². The van der Waals surface area contributed by atoms with Crippen molar-refractivity contribution in [2.75, 3.05) is 0 Å². The van der Waals surface area contributed by atoms with Gasteiger partial charge >= 0.3 is 6.61 Å². The first-order valence-corrected chi connectivity index (χ1v) is 5.08. The monoisotopic (exact) mass is 212 g/mol. The Bertz CT molecular complexity index is 372. The lowest BCUT2D eigenvalue weighted by molar-refractivity contribution is -0.0504. The van der Waals surface area contributed by atoms with Crippen LogP contribution >= 0.6 is 0 Å². The average molecular weight is 212 g/mol. The Balaban J connectivity index is 2.40. The minimum Gasteiger partial charge on any atom is -0.435 e. The van der Waals surface area contributed by atoms with Crippen molar-refractivity contribution in [2.24, 2.45) is 0 Å². The summed E-state index contributed by atoms with van der Waals surface area (Å²) in [7, 11) is 0. The SMILES string of the molecule is CC1(C)CCc2c(OC(F)F)cccc21. The molecule has 0 amide bonds. The number of halogens is 2. The van der Waals surface area contributed by atoms with Crippen molar-refractivity contribution in [2.45, 2.75) is 38.7 Å². The van der Waals surface area contributed by atoms with Crippen LogP contribution in [0.1, 0.15) is 31.4 Å². The van der Waals surface area contributed by atoms with Crippen LogP contribution in [0.5, 0.6) is 5.75 Å². The van der Waals surface area contributed by atoms with Gasteiger partial charge in [0.25, 0.3) is 0 Å². The number of hydrogen-bond acceptors (Lipinski definition) is 1. The highest BCUT2D eigenvalue weighted by Crippen LogP contribution is 2.42. The molecule has 0 heterocycles. The van der Waals surface area contributed by atoms with Crippen molar-refractivity contribution in [3.63, 3.8) is 0 Å². The van der Waals surface area contributed by atoms with E-state index in [0.29, 0.717) is 5.75 Å². The summed E-state index contributed by atoms with van der Waals surface area (Å²) in [5.41, 5.74) is 2.17. The van der Waals surface area contributed by atoms with Crippen LogP contribution in [-0.4, -0.2) is 6.61 Å². The molecule has 0 N–H and O–H groups in total. The Morgan fingerprint density at radius 1 is 1.33 bits per heavy atom. The Kier molecular flexibility index (Phi) is 2.41. The number of rotatable bonds is 2. The van der Waals surface area contributed by atoms with Crippen molar-refractivity contribution in [1.82, 2.24) is 0 Å². The molecular weight excluding hydrogens is 198 g/mol. The maximum Gasteiger partial charge on any atom is 0.387 e. The van der Waals surface area contributed by atoms with E-state index in [4.69, 9.17) is 0 Å². The first kappa shape index (κ1) is 10.4. The molecule has 1 aliphatic carbocycles. The van der Waals surface area contributed by atoms with E-state index in [0.717, 1.165) is 24.0 Å². The smallest absolute Gasteiger partial charge is 0.387 e. The minimum absolute atomic E-state index is 0.0802. The van der Waals surface area contributed by atoms with Gasteiger partial charge in [0.2, 0.25) is 0 Å². The van der Waals surface area contributed by atoms with Crippen molar-refractivity contribution < 1.29 is 13.5 Å². The first-order chi connectivity index (χ1) is 7.00. The van der Waals surface area contributed by atoms with Gasteiger partial charge in [0.1, 0.15) is 5.75 Å². The summed E-state index contributed by atoms with van der Waals surface area (Å²) in [6, 6.07) is 5.40. The van der Waals surface area contributed by atoms with E-state index in [1.807, 2.05) is 6.07 Å². The molecule has 0 unspecified atom stereocenters. The summed E-state index contributed by atoms with van der Waals surface area (Å²) in [5.74, 6) is 0.341. The summed E-state index contributed by atoms with van der Waals surface area (Å²) in [6.07, 6.45) is 1.82. The Hall–Kier alpha value is -1.12. The van der Waals surface area contributed by atoms with Gasteiger partial charge in [0.05, 0.1) is 0 Å². The molecular formula is C12H14F2O. The average Bonchev–Trinajstić information content (AvgIpc) is 2.43. The van der Waals surface area contributed by atoms with E-state index in [1.54, 1.807) is 12.1 Å². The molecule has 0 aromatic heterocycles. The lowest BCUT2D eigenvalue weighted by Gasteiger charge is -2.19. The van der Waals surface area contributed by atoms with Gasteiger partial charge in [-0.25, -0.2) is 0 Å². The highest BCUT2D eigenvalue weighted by molar-refractivity contribution is 5.47. The molecule has 1 aromatic rings. The van der Waals surface area contributed by atoms with Gasteiger partial charge in [-0.2, -0.15) is 8.78 Å². The molecule has 0 radical (unpaired) electrons. The molecule has 1 aliphatic rings.